The summed E-state index contributed by atoms with van der Waals surface area (Å²) >= 11 is 0. The second-order valence-electron chi connectivity index (χ2n) is 8.26. The number of aliphatic hydroxyl groups is 1. The fourth-order valence-corrected chi connectivity index (χ4v) is 4.50. The summed E-state index contributed by atoms with van der Waals surface area (Å²) in [5.41, 5.74) is 2.62. The molecule has 32 heavy (non-hydrogen) atoms. The summed E-state index contributed by atoms with van der Waals surface area (Å²) in [4.78, 5) is 37.1. The number of carbonyl (C=O) groups is 3. The van der Waals surface area contributed by atoms with Crippen molar-refractivity contribution in [3.8, 4) is 11.1 Å². The SMILES string of the molecule is O=C(NCCC(=O)N1CCCC(O)(C(=O)O)C1)OCC1c2ccccc2-c2ccccc21. The van der Waals surface area contributed by atoms with E-state index in [2.05, 4.69) is 17.4 Å². The lowest BCUT2D eigenvalue weighted by molar-refractivity contribution is -0.166. The molecule has 1 heterocycles. The van der Waals surface area contributed by atoms with Crippen molar-refractivity contribution in [2.45, 2.75) is 30.8 Å². The topological polar surface area (TPSA) is 116 Å². The van der Waals surface area contributed by atoms with Gasteiger partial charge >= 0.3 is 12.1 Å². The predicted molar refractivity (Wildman–Crippen MR) is 116 cm³/mol. The summed E-state index contributed by atoms with van der Waals surface area (Å²) in [7, 11) is 0. The Morgan fingerprint density at radius 2 is 1.69 bits per heavy atom. The lowest BCUT2D eigenvalue weighted by Gasteiger charge is -2.36. The highest BCUT2D eigenvalue weighted by Crippen LogP contribution is 2.44. The van der Waals surface area contributed by atoms with Gasteiger partial charge in [0.25, 0.3) is 0 Å². The van der Waals surface area contributed by atoms with E-state index in [1.807, 2.05) is 36.4 Å². The Morgan fingerprint density at radius 1 is 1.06 bits per heavy atom. The number of carboxylic acid groups (broad SMARTS) is 1. The third-order valence-corrected chi connectivity index (χ3v) is 6.17. The quantitative estimate of drug-likeness (QED) is 0.638. The maximum atomic E-state index is 12.4. The first-order valence-electron chi connectivity index (χ1n) is 10.7. The molecule has 1 aliphatic carbocycles. The third kappa shape index (κ3) is 4.31. The van der Waals surface area contributed by atoms with Crippen LogP contribution in [0.2, 0.25) is 0 Å². The van der Waals surface area contributed by atoms with E-state index in [0.717, 1.165) is 22.3 Å². The van der Waals surface area contributed by atoms with Crippen molar-refractivity contribution in [1.29, 1.82) is 0 Å². The molecule has 4 rings (SSSR count). The Balaban J connectivity index is 1.27. The normalized spacial score (nSPS) is 19.7. The average Bonchev–Trinajstić information content (AvgIpc) is 3.11. The molecule has 0 bridgehead atoms. The number of carboxylic acids is 1. The van der Waals surface area contributed by atoms with Crippen LogP contribution in [-0.2, 0) is 14.3 Å². The molecule has 8 heteroatoms. The van der Waals surface area contributed by atoms with Crippen LogP contribution in [0.3, 0.4) is 0 Å². The molecule has 2 aliphatic rings. The summed E-state index contributed by atoms with van der Waals surface area (Å²) in [5, 5.41) is 21.8. The van der Waals surface area contributed by atoms with Crippen LogP contribution in [0, 0.1) is 0 Å². The summed E-state index contributed by atoms with van der Waals surface area (Å²) in [6, 6.07) is 16.1. The van der Waals surface area contributed by atoms with E-state index in [4.69, 9.17) is 9.84 Å². The highest BCUT2D eigenvalue weighted by atomic mass is 16.5. The number of ether oxygens (including phenoxy) is 1. The summed E-state index contributed by atoms with van der Waals surface area (Å²) < 4.78 is 5.44. The van der Waals surface area contributed by atoms with Crippen molar-refractivity contribution in [2.75, 3.05) is 26.2 Å². The standard InChI is InChI=1S/C24H26N2O6/c27-21(26-13-5-11-24(31,15-26)22(28)29)10-12-25-23(30)32-14-20-18-8-3-1-6-16(18)17-7-2-4-9-19(17)20/h1-4,6-9,20,31H,5,10-15H2,(H,25,30)(H,28,29). The van der Waals surface area contributed by atoms with Crippen molar-refractivity contribution in [1.82, 2.24) is 10.2 Å². The minimum Gasteiger partial charge on any atom is -0.479 e. The van der Waals surface area contributed by atoms with Crippen molar-refractivity contribution in [3.05, 3.63) is 59.7 Å². The molecule has 2 aromatic carbocycles. The molecule has 0 saturated carbocycles. The number of rotatable bonds is 6. The minimum absolute atomic E-state index is 0.000105. The van der Waals surface area contributed by atoms with Gasteiger partial charge in [-0.3, -0.25) is 4.79 Å². The number of fused-ring (bicyclic) bond motifs is 3. The monoisotopic (exact) mass is 438 g/mol. The van der Waals surface area contributed by atoms with Gasteiger partial charge in [0.05, 0.1) is 6.54 Å². The van der Waals surface area contributed by atoms with E-state index in [0.29, 0.717) is 13.0 Å². The van der Waals surface area contributed by atoms with Gasteiger partial charge in [0.2, 0.25) is 5.91 Å². The number of amides is 2. The molecule has 0 radical (unpaired) electrons. The number of benzene rings is 2. The van der Waals surface area contributed by atoms with Gasteiger partial charge in [-0.1, -0.05) is 48.5 Å². The number of nitrogens with zero attached hydrogens (tertiary/aromatic N) is 1. The van der Waals surface area contributed by atoms with E-state index in [1.165, 1.54) is 4.90 Å². The predicted octanol–water partition coefficient (Wildman–Crippen LogP) is 2.35. The van der Waals surface area contributed by atoms with E-state index in [-0.39, 0.29) is 44.4 Å². The van der Waals surface area contributed by atoms with Crippen LogP contribution in [0.1, 0.15) is 36.3 Å². The average molecular weight is 438 g/mol. The first-order chi connectivity index (χ1) is 15.4. The molecule has 1 fully saturated rings. The fraction of sp³-hybridized carbons (Fsp3) is 0.375. The third-order valence-electron chi connectivity index (χ3n) is 6.17. The number of nitrogens with one attached hydrogen (secondary N) is 1. The minimum atomic E-state index is -1.91. The second kappa shape index (κ2) is 9.00. The molecule has 3 N–H and O–H groups in total. The van der Waals surface area contributed by atoms with E-state index >= 15 is 0 Å². The molecule has 2 amide bonds. The van der Waals surface area contributed by atoms with E-state index in [9.17, 15) is 19.5 Å². The van der Waals surface area contributed by atoms with Crippen LogP contribution >= 0.6 is 0 Å². The van der Waals surface area contributed by atoms with Crippen LogP contribution < -0.4 is 5.32 Å². The Labute approximate surface area is 185 Å². The zero-order chi connectivity index (χ0) is 22.7. The molecule has 0 spiro atoms. The number of likely N-dealkylation sites (tertiary alicyclic amines) is 1. The van der Waals surface area contributed by atoms with Gasteiger partial charge in [-0.2, -0.15) is 0 Å². The van der Waals surface area contributed by atoms with Crippen LogP contribution in [0.4, 0.5) is 4.79 Å². The molecule has 2 aromatic rings. The van der Waals surface area contributed by atoms with Crippen molar-refractivity contribution in [2.24, 2.45) is 0 Å². The number of aliphatic carboxylic acids is 1. The number of β-amino-alcohol motifs (C(OH)–C–C–N with tert-alkyl or cyclic N) is 1. The fourth-order valence-electron chi connectivity index (χ4n) is 4.50. The Hall–Kier alpha value is -3.39. The maximum Gasteiger partial charge on any atom is 0.407 e. The zero-order valence-electron chi connectivity index (χ0n) is 17.6. The van der Waals surface area contributed by atoms with E-state index in [1.54, 1.807) is 0 Å². The number of carbonyl (C=O) groups excluding carboxylic acids is 2. The van der Waals surface area contributed by atoms with Crippen molar-refractivity contribution < 1.29 is 29.3 Å². The molecule has 1 atom stereocenters. The van der Waals surface area contributed by atoms with Gasteiger partial charge in [-0.05, 0) is 35.1 Å². The maximum absolute atomic E-state index is 12.4. The van der Waals surface area contributed by atoms with Crippen molar-refractivity contribution in [3.63, 3.8) is 0 Å². The van der Waals surface area contributed by atoms with Crippen LogP contribution in [0.5, 0.6) is 0 Å². The van der Waals surface area contributed by atoms with Gasteiger partial charge in [0.1, 0.15) is 6.61 Å². The number of piperidine rings is 1. The summed E-state index contributed by atoms with van der Waals surface area (Å²) in [6.07, 6.45) is -0.0846. The lowest BCUT2D eigenvalue weighted by Crippen LogP contribution is -2.54. The molecule has 1 saturated heterocycles. The van der Waals surface area contributed by atoms with Gasteiger partial charge in [-0.25, -0.2) is 9.59 Å². The zero-order valence-corrected chi connectivity index (χ0v) is 17.6. The highest BCUT2D eigenvalue weighted by Gasteiger charge is 2.41. The molecule has 0 aromatic heterocycles. The Bertz CT molecular complexity index is 993. The Morgan fingerprint density at radius 3 is 2.31 bits per heavy atom. The largest absolute Gasteiger partial charge is 0.479 e. The Kier molecular flexibility index (Phi) is 6.14. The lowest BCUT2D eigenvalue weighted by atomic mass is 9.93. The summed E-state index contributed by atoms with van der Waals surface area (Å²) in [5.74, 6) is -1.69. The molecule has 1 unspecified atom stereocenters. The molecule has 168 valence electrons. The number of hydrogen-bond donors (Lipinski definition) is 3. The second-order valence-corrected chi connectivity index (χ2v) is 8.26. The highest BCUT2D eigenvalue weighted by molar-refractivity contribution is 5.82. The van der Waals surface area contributed by atoms with Gasteiger partial charge in [0, 0.05) is 25.4 Å². The van der Waals surface area contributed by atoms with Gasteiger partial charge in [-0.15, -0.1) is 0 Å². The molecular weight excluding hydrogens is 412 g/mol. The smallest absolute Gasteiger partial charge is 0.407 e. The first-order valence-corrected chi connectivity index (χ1v) is 10.7. The van der Waals surface area contributed by atoms with E-state index < -0.39 is 17.7 Å². The van der Waals surface area contributed by atoms with Crippen LogP contribution in [-0.4, -0.2) is 64.9 Å². The number of alkyl carbamates (subject to hydrolysis) is 1. The summed E-state index contributed by atoms with van der Waals surface area (Å²) in [6.45, 7) is 0.397. The van der Waals surface area contributed by atoms with Crippen LogP contribution in [0.15, 0.2) is 48.5 Å². The molecule has 8 nitrogen and oxygen atoms in total. The number of hydrogen-bond acceptors (Lipinski definition) is 5. The van der Waals surface area contributed by atoms with Crippen LogP contribution in [0.25, 0.3) is 11.1 Å². The van der Waals surface area contributed by atoms with Gasteiger partial charge in [0.15, 0.2) is 5.60 Å². The molecule has 1 aliphatic heterocycles. The first kappa shape index (κ1) is 21.8. The van der Waals surface area contributed by atoms with Gasteiger partial charge < -0.3 is 25.2 Å². The molecular formula is C24H26N2O6. The van der Waals surface area contributed by atoms with Crippen molar-refractivity contribution >= 4 is 18.0 Å².